The van der Waals surface area contributed by atoms with E-state index in [9.17, 15) is 0 Å². The van der Waals surface area contributed by atoms with Gasteiger partial charge in [-0.2, -0.15) is 0 Å². The molecule has 0 aliphatic rings. The van der Waals surface area contributed by atoms with E-state index in [0.29, 0.717) is 5.92 Å². The number of benzene rings is 2. The first-order chi connectivity index (χ1) is 16.3. The summed E-state index contributed by atoms with van der Waals surface area (Å²) < 4.78 is 0. The van der Waals surface area contributed by atoms with Gasteiger partial charge >= 0.3 is 0 Å². The normalized spacial score (nSPS) is 11.2. The molecule has 0 fully saturated rings. The number of hydrogen-bond acceptors (Lipinski definition) is 0. The van der Waals surface area contributed by atoms with Crippen LogP contribution in [0.3, 0.4) is 0 Å². The van der Waals surface area contributed by atoms with Gasteiger partial charge in [0.25, 0.3) is 0 Å². The number of unbranched alkanes of at least 4 members (excludes halogenated alkanes) is 14. The van der Waals surface area contributed by atoms with E-state index in [-0.39, 0.29) is 12.4 Å². The first kappa shape index (κ1) is 30.7. The van der Waals surface area contributed by atoms with Crippen molar-refractivity contribution < 1.29 is 17.3 Å². The van der Waals surface area contributed by atoms with Crippen molar-refractivity contribution in [3.63, 3.8) is 0 Å². The molecular weight excluding hydrogens is 434 g/mol. The number of hydrogen-bond donors (Lipinski definition) is 1. The number of halogens is 1. The van der Waals surface area contributed by atoms with E-state index >= 15 is 0 Å². The molecule has 0 aliphatic heterocycles. The van der Waals surface area contributed by atoms with Gasteiger partial charge in [-0.25, -0.2) is 0 Å². The maximum absolute atomic E-state index is 2.30. The van der Waals surface area contributed by atoms with Crippen LogP contribution in [0.15, 0.2) is 60.7 Å². The standard InChI is InChI=1S/C32H51N.ClH/c1-33(2)29-23-15-13-11-9-7-5-3-4-6-8-10-12-14-22-28-32(30-24-18-16-19-25-30)31-26-20-17-21-27-31;/h16-21,24-27,32H,3-15,22-23,28-29H2,1-2H3;1H. The average Bonchev–Trinajstić information content (AvgIpc) is 2.84. The Morgan fingerprint density at radius 2 is 0.794 bits per heavy atom. The minimum Gasteiger partial charge on any atom is -1.00 e. The molecule has 0 atom stereocenters. The van der Waals surface area contributed by atoms with Crippen LogP contribution in [-0.4, -0.2) is 20.6 Å². The molecule has 0 saturated heterocycles. The fourth-order valence-corrected chi connectivity index (χ4v) is 5.02. The van der Waals surface area contributed by atoms with Gasteiger partial charge in [0.1, 0.15) is 0 Å². The molecule has 0 saturated carbocycles. The smallest absolute Gasteiger partial charge is 0.0766 e. The summed E-state index contributed by atoms with van der Waals surface area (Å²) >= 11 is 0. The zero-order chi connectivity index (χ0) is 23.4. The molecule has 2 aromatic carbocycles. The second-order valence-electron chi connectivity index (χ2n) is 10.4. The molecule has 0 radical (unpaired) electrons. The van der Waals surface area contributed by atoms with Crippen LogP contribution in [0.5, 0.6) is 0 Å². The van der Waals surface area contributed by atoms with Crippen LogP contribution < -0.4 is 17.3 Å². The highest BCUT2D eigenvalue weighted by atomic mass is 35.5. The van der Waals surface area contributed by atoms with Gasteiger partial charge in [0.2, 0.25) is 0 Å². The molecule has 0 aliphatic carbocycles. The Hall–Kier alpha value is -1.31. The Kier molecular flexibility index (Phi) is 19.0. The monoisotopic (exact) mass is 485 g/mol. The third-order valence-corrected chi connectivity index (χ3v) is 7.07. The Morgan fingerprint density at radius 3 is 1.15 bits per heavy atom. The van der Waals surface area contributed by atoms with E-state index in [1.54, 1.807) is 4.90 Å². The van der Waals surface area contributed by atoms with Crippen LogP contribution in [0.2, 0.25) is 0 Å². The van der Waals surface area contributed by atoms with Crippen LogP contribution in [0, 0.1) is 0 Å². The van der Waals surface area contributed by atoms with Gasteiger partial charge in [0, 0.05) is 5.92 Å². The minimum absolute atomic E-state index is 0. The fraction of sp³-hybridized carbons (Fsp3) is 0.625. The molecule has 0 heterocycles. The largest absolute Gasteiger partial charge is 1.00 e. The zero-order valence-electron chi connectivity index (χ0n) is 22.2. The average molecular weight is 486 g/mol. The van der Waals surface area contributed by atoms with Crippen molar-refractivity contribution in [2.45, 2.75) is 109 Å². The number of nitrogens with one attached hydrogen (secondary N) is 1. The Labute approximate surface area is 218 Å². The lowest BCUT2D eigenvalue weighted by atomic mass is 9.87. The molecule has 0 bridgehead atoms. The van der Waals surface area contributed by atoms with Gasteiger partial charge in [-0.05, 0) is 30.4 Å². The highest BCUT2D eigenvalue weighted by Crippen LogP contribution is 2.30. The maximum atomic E-state index is 2.30. The topological polar surface area (TPSA) is 4.44 Å². The van der Waals surface area contributed by atoms with Gasteiger partial charge in [-0.3, -0.25) is 0 Å². The van der Waals surface area contributed by atoms with Crippen LogP contribution in [0.25, 0.3) is 0 Å². The molecule has 2 heteroatoms. The van der Waals surface area contributed by atoms with Crippen molar-refractivity contribution in [2.75, 3.05) is 20.6 Å². The van der Waals surface area contributed by atoms with Gasteiger partial charge in [-0.1, -0.05) is 144 Å². The maximum Gasteiger partial charge on any atom is 0.0766 e. The van der Waals surface area contributed by atoms with Gasteiger partial charge < -0.3 is 17.3 Å². The molecule has 34 heavy (non-hydrogen) atoms. The summed E-state index contributed by atoms with van der Waals surface area (Å²) in [5.74, 6) is 0.548. The van der Waals surface area contributed by atoms with E-state index in [0.717, 1.165) is 0 Å². The quantitative estimate of drug-likeness (QED) is 0.245. The van der Waals surface area contributed by atoms with Crippen LogP contribution in [0.4, 0.5) is 0 Å². The fourth-order valence-electron chi connectivity index (χ4n) is 5.02. The lowest BCUT2D eigenvalue weighted by Crippen LogP contribution is -3.05. The molecule has 2 aromatic rings. The summed E-state index contributed by atoms with van der Waals surface area (Å²) in [6.07, 6.45) is 22.7. The first-order valence-electron chi connectivity index (χ1n) is 14.2. The zero-order valence-corrected chi connectivity index (χ0v) is 23.0. The third-order valence-electron chi connectivity index (χ3n) is 7.07. The van der Waals surface area contributed by atoms with E-state index in [1.807, 2.05) is 0 Å². The predicted molar refractivity (Wildman–Crippen MR) is 146 cm³/mol. The van der Waals surface area contributed by atoms with Crippen LogP contribution >= 0.6 is 0 Å². The van der Waals surface area contributed by atoms with E-state index < -0.39 is 0 Å². The molecule has 0 amide bonds. The van der Waals surface area contributed by atoms with Gasteiger partial charge in [-0.15, -0.1) is 0 Å². The SMILES string of the molecule is C[NH+](C)CCCCCCCCCCCCCCCCCC(c1ccccc1)c1ccccc1.[Cl-]. The van der Waals surface area contributed by atoms with Crippen molar-refractivity contribution in [1.29, 1.82) is 0 Å². The Morgan fingerprint density at radius 1 is 0.471 bits per heavy atom. The molecule has 192 valence electrons. The summed E-state index contributed by atoms with van der Waals surface area (Å²) in [7, 11) is 4.52. The van der Waals surface area contributed by atoms with Crippen LogP contribution in [-0.2, 0) is 0 Å². The molecule has 0 aromatic heterocycles. The number of rotatable bonds is 20. The molecule has 1 nitrogen and oxygen atoms in total. The first-order valence-corrected chi connectivity index (χ1v) is 14.2. The molecule has 2 rings (SSSR count). The van der Waals surface area contributed by atoms with Crippen molar-refractivity contribution in [2.24, 2.45) is 0 Å². The lowest BCUT2D eigenvalue weighted by molar-refractivity contribution is -0.858. The Balaban J connectivity index is 0.00000578. The van der Waals surface area contributed by atoms with E-state index in [1.165, 1.54) is 120 Å². The van der Waals surface area contributed by atoms with E-state index in [4.69, 9.17) is 0 Å². The van der Waals surface area contributed by atoms with Crippen LogP contribution in [0.1, 0.15) is 120 Å². The lowest BCUT2D eigenvalue weighted by Gasteiger charge is -2.18. The summed E-state index contributed by atoms with van der Waals surface area (Å²) in [6, 6.07) is 22.2. The van der Waals surface area contributed by atoms with Crippen molar-refractivity contribution >= 4 is 0 Å². The van der Waals surface area contributed by atoms with Gasteiger partial charge in [0.15, 0.2) is 0 Å². The summed E-state index contributed by atoms with van der Waals surface area (Å²) in [4.78, 5) is 1.59. The van der Waals surface area contributed by atoms with Crippen molar-refractivity contribution in [3.8, 4) is 0 Å². The highest BCUT2D eigenvalue weighted by molar-refractivity contribution is 5.32. The minimum atomic E-state index is 0. The predicted octanol–water partition coefficient (Wildman–Crippen LogP) is 5.21. The summed E-state index contributed by atoms with van der Waals surface area (Å²) in [5.41, 5.74) is 2.93. The van der Waals surface area contributed by atoms with Crippen molar-refractivity contribution in [1.82, 2.24) is 0 Å². The molecular formula is C32H52ClN. The highest BCUT2D eigenvalue weighted by Gasteiger charge is 2.13. The second-order valence-corrected chi connectivity index (χ2v) is 10.4. The molecule has 0 unspecified atom stereocenters. The molecule has 0 spiro atoms. The van der Waals surface area contributed by atoms with E-state index in [2.05, 4.69) is 74.8 Å². The van der Waals surface area contributed by atoms with Crippen molar-refractivity contribution in [3.05, 3.63) is 71.8 Å². The summed E-state index contributed by atoms with van der Waals surface area (Å²) in [6.45, 7) is 1.34. The van der Waals surface area contributed by atoms with Gasteiger partial charge in [0.05, 0.1) is 20.6 Å². The third kappa shape index (κ3) is 14.8. The number of quaternary nitrogens is 1. The Bertz CT molecular complexity index is 630. The second kappa shape index (κ2) is 21.0. The molecule has 1 N–H and O–H groups in total. The summed E-state index contributed by atoms with van der Waals surface area (Å²) in [5, 5.41) is 0.